The van der Waals surface area contributed by atoms with Crippen molar-refractivity contribution in [1.29, 1.82) is 0 Å². The first-order valence-electron chi connectivity index (χ1n) is 8.02. The van der Waals surface area contributed by atoms with Crippen LogP contribution in [-0.2, 0) is 6.54 Å². The summed E-state index contributed by atoms with van der Waals surface area (Å²) in [7, 11) is 0. The molecule has 7 heteroatoms. The molecule has 0 radical (unpaired) electrons. The molecule has 7 nitrogen and oxygen atoms in total. The summed E-state index contributed by atoms with van der Waals surface area (Å²) in [6, 6.07) is 0.0363. The molecule has 2 aliphatic carbocycles. The first-order valence-corrected chi connectivity index (χ1v) is 8.02. The number of hydrogen-bond donors (Lipinski definition) is 1. The van der Waals surface area contributed by atoms with Crippen LogP contribution in [0.3, 0.4) is 0 Å². The zero-order chi connectivity index (χ0) is 15.9. The lowest BCUT2D eigenvalue weighted by molar-refractivity contribution is -0.385. The van der Waals surface area contributed by atoms with Gasteiger partial charge in [0.25, 0.3) is 5.91 Å². The minimum atomic E-state index is -0.545. The van der Waals surface area contributed by atoms with Crippen LogP contribution in [0.1, 0.15) is 50.0 Å². The molecule has 4 atom stereocenters. The van der Waals surface area contributed by atoms with Gasteiger partial charge in [0.1, 0.15) is 6.20 Å². The Balaban J connectivity index is 1.71. The SMILES string of the molecule is CCn1cc([N+](=O)[O-])c(C(=O)N[C@@H](C)[C@H]2C[C@H]3CC[C@H]2C3)n1. The predicted octanol–water partition coefficient (Wildman–Crippen LogP) is 2.37. The minimum absolute atomic E-state index is 0.0363. The smallest absolute Gasteiger partial charge is 0.320 e. The highest BCUT2D eigenvalue weighted by Crippen LogP contribution is 2.49. The molecule has 0 unspecified atom stereocenters. The number of nitrogens with zero attached hydrogens (tertiary/aromatic N) is 3. The molecule has 2 aliphatic rings. The van der Waals surface area contributed by atoms with Gasteiger partial charge in [-0.05, 0) is 50.9 Å². The number of fused-ring (bicyclic) bond motifs is 2. The maximum atomic E-state index is 12.4. The van der Waals surface area contributed by atoms with Gasteiger partial charge in [-0.25, -0.2) is 0 Å². The van der Waals surface area contributed by atoms with Crippen molar-refractivity contribution in [2.45, 2.75) is 52.1 Å². The molecule has 0 saturated heterocycles. The molecular formula is C15H22N4O3. The highest BCUT2D eigenvalue weighted by Gasteiger charge is 2.42. The maximum absolute atomic E-state index is 12.4. The molecule has 1 N–H and O–H groups in total. The zero-order valence-corrected chi connectivity index (χ0v) is 13.0. The molecule has 1 amide bonds. The second kappa shape index (κ2) is 5.70. The Kier molecular flexibility index (Phi) is 3.88. The van der Waals surface area contributed by atoms with Gasteiger partial charge in [-0.1, -0.05) is 6.42 Å². The lowest BCUT2D eigenvalue weighted by atomic mass is 9.84. The van der Waals surface area contributed by atoms with Crippen LogP contribution in [-0.4, -0.2) is 26.7 Å². The summed E-state index contributed by atoms with van der Waals surface area (Å²) in [5.41, 5.74) is -0.304. The monoisotopic (exact) mass is 306 g/mol. The highest BCUT2D eigenvalue weighted by atomic mass is 16.6. The Morgan fingerprint density at radius 3 is 2.86 bits per heavy atom. The first kappa shape index (κ1) is 15.0. The second-order valence-electron chi connectivity index (χ2n) is 6.58. The quantitative estimate of drug-likeness (QED) is 0.668. The van der Waals surface area contributed by atoms with Crippen LogP contribution in [0.2, 0.25) is 0 Å². The Bertz CT molecular complexity index is 598. The van der Waals surface area contributed by atoms with Crippen molar-refractivity contribution < 1.29 is 9.72 Å². The van der Waals surface area contributed by atoms with Crippen molar-refractivity contribution in [2.24, 2.45) is 17.8 Å². The second-order valence-corrected chi connectivity index (χ2v) is 6.58. The van der Waals surface area contributed by atoms with Crippen molar-refractivity contribution in [1.82, 2.24) is 15.1 Å². The summed E-state index contributed by atoms with van der Waals surface area (Å²) < 4.78 is 1.43. The van der Waals surface area contributed by atoms with Gasteiger partial charge in [-0.15, -0.1) is 0 Å². The van der Waals surface area contributed by atoms with Crippen LogP contribution < -0.4 is 5.32 Å². The van der Waals surface area contributed by atoms with E-state index >= 15 is 0 Å². The molecule has 22 heavy (non-hydrogen) atoms. The fourth-order valence-electron chi connectivity index (χ4n) is 4.16. The number of carbonyl (C=O) groups excluding carboxylic acids is 1. The predicted molar refractivity (Wildman–Crippen MR) is 80.4 cm³/mol. The van der Waals surface area contributed by atoms with Crippen molar-refractivity contribution in [2.75, 3.05) is 0 Å². The summed E-state index contributed by atoms with van der Waals surface area (Å²) in [6.45, 7) is 4.33. The average molecular weight is 306 g/mol. The number of aromatic nitrogens is 2. The number of nitrogens with one attached hydrogen (secondary N) is 1. The third kappa shape index (κ3) is 2.60. The van der Waals surface area contributed by atoms with Gasteiger partial charge >= 0.3 is 5.69 Å². The number of rotatable bonds is 5. The van der Waals surface area contributed by atoms with E-state index in [1.807, 2.05) is 13.8 Å². The van der Waals surface area contributed by atoms with E-state index in [-0.39, 0.29) is 17.4 Å². The topological polar surface area (TPSA) is 90.1 Å². The van der Waals surface area contributed by atoms with E-state index in [4.69, 9.17) is 0 Å². The van der Waals surface area contributed by atoms with Crippen LogP contribution in [0, 0.1) is 27.9 Å². The lowest BCUT2D eigenvalue weighted by Crippen LogP contribution is -2.40. The molecular weight excluding hydrogens is 284 g/mol. The standard InChI is InChI=1S/C15H22N4O3/c1-3-18-8-13(19(21)22)14(17-18)15(20)16-9(2)12-7-10-4-5-11(12)6-10/h8-12H,3-7H2,1-2H3,(H,16,20)/t9-,10-,11-,12+/m0/s1. The molecule has 0 aromatic carbocycles. The summed E-state index contributed by atoms with van der Waals surface area (Å²) in [5, 5.41) is 18.1. The van der Waals surface area contributed by atoms with Gasteiger partial charge < -0.3 is 5.32 Å². The molecule has 1 aromatic heterocycles. The fraction of sp³-hybridized carbons (Fsp3) is 0.733. The minimum Gasteiger partial charge on any atom is -0.348 e. The highest BCUT2D eigenvalue weighted by molar-refractivity contribution is 5.96. The molecule has 1 heterocycles. The van der Waals surface area contributed by atoms with E-state index in [0.29, 0.717) is 18.4 Å². The van der Waals surface area contributed by atoms with Crippen LogP contribution >= 0.6 is 0 Å². The van der Waals surface area contributed by atoms with E-state index in [1.165, 1.54) is 30.1 Å². The Hall–Kier alpha value is -1.92. The number of amides is 1. The Morgan fingerprint density at radius 1 is 1.55 bits per heavy atom. The van der Waals surface area contributed by atoms with Crippen LogP contribution in [0.4, 0.5) is 5.69 Å². The summed E-state index contributed by atoms with van der Waals surface area (Å²) in [6.07, 6.45) is 6.32. The molecule has 2 saturated carbocycles. The van der Waals surface area contributed by atoms with Gasteiger partial charge in [0, 0.05) is 12.6 Å². The van der Waals surface area contributed by atoms with Gasteiger partial charge in [0.15, 0.2) is 0 Å². The molecule has 0 spiro atoms. The van der Waals surface area contributed by atoms with Gasteiger partial charge in [-0.2, -0.15) is 5.10 Å². The Labute approximate surface area is 129 Å². The molecule has 120 valence electrons. The summed E-state index contributed by atoms with van der Waals surface area (Å²) in [4.78, 5) is 22.9. The van der Waals surface area contributed by atoms with Gasteiger partial charge in [0.2, 0.25) is 5.69 Å². The first-order chi connectivity index (χ1) is 10.5. The van der Waals surface area contributed by atoms with E-state index < -0.39 is 10.8 Å². The zero-order valence-electron chi connectivity index (χ0n) is 13.0. The van der Waals surface area contributed by atoms with Crippen molar-refractivity contribution >= 4 is 11.6 Å². The molecule has 1 aromatic rings. The average Bonchev–Trinajstić information content (AvgIpc) is 3.20. The molecule has 2 bridgehead atoms. The van der Waals surface area contributed by atoms with E-state index in [0.717, 1.165) is 12.3 Å². The van der Waals surface area contributed by atoms with E-state index in [9.17, 15) is 14.9 Å². The summed E-state index contributed by atoms with van der Waals surface area (Å²) in [5.74, 6) is 1.57. The van der Waals surface area contributed by atoms with Crippen molar-refractivity contribution in [3.8, 4) is 0 Å². The van der Waals surface area contributed by atoms with Crippen molar-refractivity contribution in [3.63, 3.8) is 0 Å². The number of carbonyl (C=O) groups is 1. The third-order valence-corrected chi connectivity index (χ3v) is 5.27. The van der Waals surface area contributed by atoms with Crippen molar-refractivity contribution in [3.05, 3.63) is 22.0 Å². The number of nitro groups is 1. The van der Waals surface area contributed by atoms with E-state index in [1.54, 1.807) is 0 Å². The Morgan fingerprint density at radius 2 is 2.32 bits per heavy atom. The van der Waals surface area contributed by atoms with Crippen LogP contribution in [0.25, 0.3) is 0 Å². The van der Waals surface area contributed by atoms with E-state index in [2.05, 4.69) is 10.4 Å². The normalized spacial score (nSPS) is 27.8. The van der Waals surface area contributed by atoms with Gasteiger partial charge in [-0.3, -0.25) is 19.6 Å². The van der Waals surface area contributed by atoms with Crippen LogP contribution in [0.5, 0.6) is 0 Å². The third-order valence-electron chi connectivity index (χ3n) is 5.27. The van der Waals surface area contributed by atoms with Gasteiger partial charge in [0.05, 0.1) is 4.92 Å². The van der Waals surface area contributed by atoms with Crippen LogP contribution in [0.15, 0.2) is 6.20 Å². The lowest BCUT2D eigenvalue weighted by Gasteiger charge is -2.28. The molecule has 0 aliphatic heterocycles. The molecule has 2 fully saturated rings. The largest absolute Gasteiger partial charge is 0.348 e. The molecule has 3 rings (SSSR count). The maximum Gasteiger partial charge on any atom is 0.320 e. The number of aryl methyl sites for hydroxylation is 1. The summed E-state index contributed by atoms with van der Waals surface area (Å²) >= 11 is 0. The number of hydrogen-bond acceptors (Lipinski definition) is 4. The fourth-order valence-corrected chi connectivity index (χ4v) is 4.16.